The number of rotatable bonds is 9. The summed E-state index contributed by atoms with van der Waals surface area (Å²) in [5, 5.41) is 6.73. The molecule has 1 aliphatic carbocycles. The molecule has 3 heterocycles. The van der Waals surface area contributed by atoms with E-state index in [9.17, 15) is 4.79 Å². The summed E-state index contributed by atoms with van der Waals surface area (Å²) in [6, 6.07) is 12.7. The van der Waals surface area contributed by atoms with Gasteiger partial charge in [-0.1, -0.05) is 44.2 Å². The summed E-state index contributed by atoms with van der Waals surface area (Å²) in [5.41, 5.74) is 4.91. The van der Waals surface area contributed by atoms with E-state index in [4.69, 9.17) is 9.72 Å². The summed E-state index contributed by atoms with van der Waals surface area (Å²) in [4.78, 5) is 22.2. The van der Waals surface area contributed by atoms with Crippen LogP contribution in [0.15, 0.2) is 48.8 Å². The first-order valence-electron chi connectivity index (χ1n) is 14.7. The summed E-state index contributed by atoms with van der Waals surface area (Å²) in [5.74, 6) is 0.618. The molecule has 1 unspecified atom stereocenters. The number of pyridine rings is 1. The molecule has 40 heavy (non-hydrogen) atoms. The SMILES string of the molecule is CC.CC(NC(=O)OC(C)(C)C)c1cn2cc(C3CC3)cc(NCC3(N(C)Cc4ccccc4)CN(C)C3)c2n1. The molecule has 0 spiro atoms. The monoisotopic (exact) mass is 548 g/mol. The number of carbonyl (C=O) groups excluding carboxylic acids is 1. The van der Waals surface area contributed by atoms with Crippen LogP contribution in [0.3, 0.4) is 0 Å². The molecule has 0 radical (unpaired) electrons. The average molecular weight is 549 g/mol. The first kappa shape index (κ1) is 29.9. The van der Waals surface area contributed by atoms with Gasteiger partial charge in [-0.15, -0.1) is 0 Å². The number of aromatic nitrogens is 2. The summed E-state index contributed by atoms with van der Waals surface area (Å²) >= 11 is 0. The van der Waals surface area contributed by atoms with Crippen molar-refractivity contribution in [2.75, 3.05) is 39.0 Å². The Kier molecular flexibility index (Phi) is 9.10. The molecule has 2 aliphatic rings. The summed E-state index contributed by atoms with van der Waals surface area (Å²) < 4.78 is 7.57. The van der Waals surface area contributed by atoms with E-state index in [-0.39, 0.29) is 11.6 Å². The molecule has 8 heteroatoms. The van der Waals surface area contributed by atoms with E-state index in [2.05, 4.69) is 81.5 Å². The van der Waals surface area contributed by atoms with Gasteiger partial charge in [-0.2, -0.15) is 0 Å². The van der Waals surface area contributed by atoms with Crippen molar-refractivity contribution in [2.24, 2.45) is 0 Å². The highest BCUT2D eigenvalue weighted by Gasteiger charge is 2.44. The number of nitrogens with one attached hydrogen (secondary N) is 2. The standard InChI is InChI=1S/C30H42N6O2.C2H6/c1-21(32-28(37)38-29(2,3)4)26-17-36-16-24(23-12-13-23)14-25(27(36)33-26)31-18-30(19-34(5)20-30)35(6)15-22-10-8-7-9-11-22;1-2/h7-11,14,16-17,21,23,31H,12-13,15,18-20H2,1-6H3,(H,32,37);1-2H3. The number of likely N-dealkylation sites (tertiary alicyclic amines) is 1. The number of amides is 1. The number of hydrogen-bond acceptors (Lipinski definition) is 6. The Balaban J connectivity index is 0.00000181. The second kappa shape index (κ2) is 12.2. The Morgan fingerprint density at radius 2 is 1.85 bits per heavy atom. The molecule has 1 aromatic carbocycles. The van der Waals surface area contributed by atoms with Gasteiger partial charge in [0.1, 0.15) is 5.60 Å². The first-order chi connectivity index (χ1) is 19.0. The molecule has 3 aromatic rings. The molecule has 1 atom stereocenters. The van der Waals surface area contributed by atoms with Crippen molar-refractivity contribution in [3.05, 3.63) is 65.6 Å². The van der Waals surface area contributed by atoms with Gasteiger partial charge >= 0.3 is 6.09 Å². The quantitative estimate of drug-likeness (QED) is 0.339. The highest BCUT2D eigenvalue weighted by molar-refractivity contribution is 5.71. The highest BCUT2D eigenvalue weighted by Crippen LogP contribution is 2.41. The fourth-order valence-corrected chi connectivity index (χ4v) is 5.41. The summed E-state index contributed by atoms with van der Waals surface area (Å²) in [6.45, 7) is 15.3. The zero-order chi connectivity index (χ0) is 29.1. The number of ether oxygens (including phenoxy) is 1. The lowest BCUT2D eigenvalue weighted by Crippen LogP contribution is -2.70. The maximum Gasteiger partial charge on any atom is 0.408 e. The van der Waals surface area contributed by atoms with Crippen LogP contribution in [0.2, 0.25) is 0 Å². The number of hydrogen-bond donors (Lipinski definition) is 2. The second-order valence-electron chi connectivity index (χ2n) is 12.3. The van der Waals surface area contributed by atoms with Crippen LogP contribution in [0.25, 0.3) is 5.65 Å². The van der Waals surface area contributed by atoms with Gasteiger partial charge in [0.2, 0.25) is 0 Å². The Bertz CT molecular complexity index is 1270. The van der Waals surface area contributed by atoms with E-state index >= 15 is 0 Å². The maximum absolute atomic E-state index is 12.4. The number of fused-ring (bicyclic) bond motifs is 1. The van der Waals surface area contributed by atoms with Crippen molar-refractivity contribution in [3.63, 3.8) is 0 Å². The molecule has 1 aliphatic heterocycles. The van der Waals surface area contributed by atoms with Crippen LogP contribution in [-0.4, -0.2) is 70.1 Å². The molecule has 1 saturated heterocycles. The topological polar surface area (TPSA) is 74.1 Å². The first-order valence-corrected chi connectivity index (χ1v) is 14.7. The van der Waals surface area contributed by atoms with E-state index in [0.717, 1.165) is 43.2 Å². The van der Waals surface area contributed by atoms with Gasteiger partial charge in [0, 0.05) is 38.6 Å². The molecule has 0 bridgehead atoms. The summed E-state index contributed by atoms with van der Waals surface area (Å²) in [7, 11) is 4.41. The largest absolute Gasteiger partial charge is 0.444 e. The number of alkyl carbamates (subject to hydrolysis) is 1. The number of imidazole rings is 1. The van der Waals surface area contributed by atoms with E-state index < -0.39 is 11.7 Å². The predicted octanol–water partition coefficient (Wildman–Crippen LogP) is 6.05. The molecule has 2 N–H and O–H groups in total. The lowest BCUT2D eigenvalue weighted by molar-refractivity contribution is -0.0221. The molecule has 5 rings (SSSR count). The van der Waals surface area contributed by atoms with Crippen molar-refractivity contribution in [1.29, 1.82) is 0 Å². The van der Waals surface area contributed by atoms with Crippen LogP contribution in [-0.2, 0) is 11.3 Å². The van der Waals surface area contributed by atoms with Gasteiger partial charge in [-0.05, 0) is 77.7 Å². The van der Waals surface area contributed by atoms with Crippen LogP contribution in [0.4, 0.5) is 10.5 Å². The molecule has 1 saturated carbocycles. The Morgan fingerprint density at radius 3 is 2.45 bits per heavy atom. The normalized spacial score (nSPS) is 17.5. The molecular formula is C32H48N6O2. The molecule has 1 amide bonds. The van der Waals surface area contributed by atoms with Crippen molar-refractivity contribution in [3.8, 4) is 0 Å². The smallest absolute Gasteiger partial charge is 0.408 e. The van der Waals surface area contributed by atoms with Gasteiger partial charge in [-0.3, -0.25) is 4.90 Å². The van der Waals surface area contributed by atoms with Crippen LogP contribution >= 0.6 is 0 Å². The van der Waals surface area contributed by atoms with Gasteiger partial charge in [-0.25, -0.2) is 9.78 Å². The Hall–Kier alpha value is -3.10. The fourth-order valence-electron chi connectivity index (χ4n) is 5.41. The molecule has 8 nitrogen and oxygen atoms in total. The highest BCUT2D eigenvalue weighted by atomic mass is 16.6. The van der Waals surface area contributed by atoms with E-state index in [1.165, 1.54) is 24.0 Å². The van der Waals surface area contributed by atoms with Crippen LogP contribution < -0.4 is 10.6 Å². The number of nitrogens with zero attached hydrogens (tertiary/aromatic N) is 4. The fraction of sp³-hybridized carbons (Fsp3) is 0.562. The third kappa shape index (κ3) is 7.15. The van der Waals surface area contributed by atoms with E-state index in [0.29, 0.717) is 5.92 Å². The molecule has 2 fully saturated rings. The zero-order valence-corrected chi connectivity index (χ0v) is 25.6. The van der Waals surface area contributed by atoms with Crippen molar-refractivity contribution < 1.29 is 9.53 Å². The Morgan fingerprint density at radius 1 is 1.18 bits per heavy atom. The lowest BCUT2D eigenvalue weighted by atomic mass is 9.87. The number of carbonyl (C=O) groups is 1. The van der Waals surface area contributed by atoms with Gasteiger partial charge in [0.05, 0.1) is 23.0 Å². The van der Waals surface area contributed by atoms with Gasteiger partial charge in [0.15, 0.2) is 5.65 Å². The number of likely N-dealkylation sites (N-methyl/N-ethyl adjacent to an activating group) is 2. The number of anilines is 1. The van der Waals surface area contributed by atoms with Crippen LogP contribution in [0.5, 0.6) is 0 Å². The minimum atomic E-state index is -0.543. The van der Waals surface area contributed by atoms with E-state index in [1.807, 2.05) is 47.7 Å². The van der Waals surface area contributed by atoms with Crippen molar-refractivity contribution in [1.82, 2.24) is 24.5 Å². The van der Waals surface area contributed by atoms with Crippen molar-refractivity contribution >= 4 is 17.4 Å². The lowest BCUT2D eigenvalue weighted by Gasteiger charge is -2.54. The predicted molar refractivity (Wildman–Crippen MR) is 163 cm³/mol. The minimum absolute atomic E-state index is 0.0398. The molecule has 218 valence electrons. The third-order valence-electron chi connectivity index (χ3n) is 7.63. The molecular weight excluding hydrogens is 500 g/mol. The van der Waals surface area contributed by atoms with Crippen LogP contribution in [0.1, 0.15) is 83.2 Å². The summed E-state index contributed by atoms with van der Waals surface area (Å²) in [6.07, 6.45) is 6.26. The van der Waals surface area contributed by atoms with Crippen molar-refractivity contribution in [2.45, 2.75) is 84.0 Å². The average Bonchev–Trinajstić information content (AvgIpc) is 3.64. The van der Waals surface area contributed by atoms with Crippen LogP contribution in [0, 0.1) is 0 Å². The molecule has 2 aromatic heterocycles. The minimum Gasteiger partial charge on any atom is -0.444 e. The van der Waals surface area contributed by atoms with Gasteiger partial charge in [0.25, 0.3) is 0 Å². The second-order valence-corrected chi connectivity index (χ2v) is 12.3. The maximum atomic E-state index is 12.4. The number of benzene rings is 1. The zero-order valence-electron chi connectivity index (χ0n) is 25.6. The Labute approximate surface area is 240 Å². The van der Waals surface area contributed by atoms with Gasteiger partial charge < -0.3 is 24.7 Å². The third-order valence-corrected chi connectivity index (χ3v) is 7.63. The van der Waals surface area contributed by atoms with E-state index in [1.54, 1.807) is 0 Å².